The molecular formula is C14H13NOS. The third-order valence-corrected chi connectivity index (χ3v) is 4.03. The van der Waals surface area contributed by atoms with Gasteiger partial charge in [0.1, 0.15) is 5.75 Å². The number of ether oxygens (including phenoxy) is 1. The summed E-state index contributed by atoms with van der Waals surface area (Å²) in [6, 6.07) is 14.6. The van der Waals surface area contributed by atoms with Gasteiger partial charge >= 0.3 is 0 Å². The summed E-state index contributed by atoms with van der Waals surface area (Å²) in [5.41, 5.74) is 2.51. The molecule has 0 saturated heterocycles. The van der Waals surface area contributed by atoms with Crippen molar-refractivity contribution in [2.45, 2.75) is 16.3 Å². The summed E-state index contributed by atoms with van der Waals surface area (Å²) in [7, 11) is 1.70. The maximum absolute atomic E-state index is 5.27. The fraction of sp³-hybridized carbons (Fsp3) is 0.143. The van der Waals surface area contributed by atoms with Crippen LogP contribution in [0.15, 0.2) is 52.3 Å². The second-order valence-electron chi connectivity index (χ2n) is 3.93. The number of hydrogen-bond donors (Lipinski definition) is 1. The van der Waals surface area contributed by atoms with Crippen LogP contribution in [0, 0.1) is 0 Å². The molecule has 0 saturated carbocycles. The van der Waals surface area contributed by atoms with E-state index in [1.165, 1.54) is 21.0 Å². The quantitative estimate of drug-likeness (QED) is 0.823. The van der Waals surface area contributed by atoms with Crippen LogP contribution in [0.4, 0.5) is 5.69 Å². The monoisotopic (exact) mass is 243 g/mol. The molecule has 1 heterocycles. The highest BCUT2D eigenvalue weighted by Crippen LogP contribution is 2.40. The molecule has 0 radical (unpaired) electrons. The molecule has 0 unspecified atom stereocenters. The van der Waals surface area contributed by atoms with Gasteiger partial charge in [-0.1, -0.05) is 30.0 Å². The van der Waals surface area contributed by atoms with Gasteiger partial charge in [0.25, 0.3) is 0 Å². The first kappa shape index (κ1) is 10.5. The Balaban J connectivity index is 2.05. The van der Waals surface area contributed by atoms with Crippen molar-refractivity contribution in [2.75, 3.05) is 12.4 Å². The van der Waals surface area contributed by atoms with Crippen LogP contribution in [0.5, 0.6) is 5.75 Å². The Morgan fingerprint density at radius 1 is 1.12 bits per heavy atom. The Labute approximate surface area is 105 Å². The zero-order chi connectivity index (χ0) is 11.7. The maximum atomic E-state index is 5.27. The molecule has 3 heteroatoms. The molecule has 1 N–H and O–H groups in total. The Morgan fingerprint density at radius 2 is 2.00 bits per heavy atom. The molecule has 0 atom stereocenters. The van der Waals surface area contributed by atoms with Crippen molar-refractivity contribution in [3.8, 4) is 5.75 Å². The average molecular weight is 243 g/mol. The highest BCUT2D eigenvalue weighted by atomic mass is 32.2. The lowest BCUT2D eigenvalue weighted by atomic mass is 10.2. The third-order valence-electron chi connectivity index (χ3n) is 2.85. The van der Waals surface area contributed by atoms with Crippen molar-refractivity contribution in [1.29, 1.82) is 0 Å². The maximum Gasteiger partial charge on any atom is 0.120 e. The van der Waals surface area contributed by atoms with Crippen LogP contribution in [0.25, 0.3) is 0 Å². The van der Waals surface area contributed by atoms with Crippen LogP contribution in [-0.4, -0.2) is 7.11 Å². The van der Waals surface area contributed by atoms with Gasteiger partial charge in [0.15, 0.2) is 0 Å². The summed E-state index contributed by atoms with van der Waals surface area (Å²) in [5.74, 6) is 0.900. The first-order chi connectivity index (χ1) is 8.36. The fourth-order valence-corrected chi connectivity index (χ4v) is 3.00. The van der Waals surface area contributed by atoms with Gasteiger partial charge in [-0.25, -0.2) is 0 Å². The lowest BCUT2D eigenvalue weighted by Gasteiger charge is -2.08. The van der Waals surface area contributed by atoms with E-state index in [1.54, 1.807) is 18.9 Å². The fourth-order valence-electron chi connectivity index (χ4n) is 1.92. The minimum absolute atomic E-state index is 0.877. The van der Waals surface area contributed by atoms with E-state index in [-0.39, 0.29) is 0 Å². The lowest BCUT2D eigenvalue weighted by molar-refractivity contribution is 0.414. The van der Waals surface area contributed by atoms with Gasteiger partial charge in [-0.05, 0) is 29.8 Å². The second kappa shape index (κ2) is 4.34. The predicted molar refractivity (Wildman–Crippen MR) is 70.9 cm³/mol. The summed E-state index contributed by atoms with van der Waals surface area (Å²) in [4.78, 5) is 2.53. The van der Waals surface area contributed by atoms with Crippen LogP contribution < -0.4 is 10.1 Å². The summed E-state index contributed by atoms with van der Waals surface area (Å²) in [5, 5.41) is 3.46. The summed E-state index contributed by atoms with van der Waals surface area (Å²) in [6.45, 7) is 0.877. The van der Waals surface area contributed by atoms with E-state index in [1.807, 2.05) is 6.07 Å². The molecule has 2 aromatic rings. The molecule has 0 amide bonds. The molecule has 0 aromatic heterocycles. The van der Waals surface area contributed by atoms with Crippen LogP contribution in [0.3, 0.4) is 0 Å². The van der Waals surface area contributed by atoms with Crippen LogP contribution >= 0.6 is 11.8 Å². The van der Waals surface area contributed by atoms with Crippen molar-refractivity contribution in [3.63, 3.8) is 0 Å². The van der Waals surface area contributed by atoms with Gasteiger partial charge in [0.2, 0.25) is 0 Å². The van der Waals surface area contributed by atoms with E-state index in [2.05, 4.69) is 41.7 Å². The average Bonchev–Trinajstić information content (AvgIpc) is 2.56. The first-order valence-electron chi connectivity index (χ1n) is 5.54. The second-order valence-corrected chi connectivity index (χ2v) is 5.01. The van der Waals surface area contributed by atoms with E-state index >= 15 is 0 Å². The van der Waals surface area contributed by atoms with E-state index in [4.69, 9.17) is 4.74 Å². The highest BCUT2D eigenvalue weighted by Gasteiger charge is 2.13. The largest absolute Gasteiger partial charge is 0.497 e. The van der Waals surface area contributed by atoms with Crippen LogP contribution in [0.2, 0.25) is 0 Å². The normalized spacial score (nSPS) is 13.0. The molecule has 2 aromatic carbocycles. The molecule has 0 spiro atoms. The number of anilines is 1. The molecule has 1 aliphatic heterocycles. The van der Waals surface area contributed by atoms with Crippen LogP contribution in [-0.2, 0) is 6.54 Å². The molecule has 0 aliphatic carbocycles. The smallest absolute Gasteiger partial charge is 0.120 e. The minimum Gasteiger partial charge on any atom is -0.497 e. The van der Waals surface area contributed by atoms with E-state index in [0.29, 0.717) is 0 Å². The highest BCUT2D eigenvalue weighted by molar-refractivity contribution is 7.99. The van der Waals surface area contributed by atoms with Gasteiger partial charge in [-0.2, -0.15) is 0 Å². The Bertz CT molecular complexity index is 554. The third kappa shape index (κ3) is 1.98. The number of nitrogens with one attached hydrogen (secondary N) is 1. The van der Waals surface area contributed by atoms with E-state index in [9.17, 15) is 0 Å². The van der Waals surface area contributed by atoms with Crippen molar-refractivity contribution >= 4 is 17.4 Å². The van der Waals surface area contributed by atoms with Crippen molar-refractivity contribution in [2.24, 2.45) is 0 Å². The Hall–Kier alpha value is -1.61. The number of methoxy groups -OCH3 is 1. The zero-order valence-electron chi connectivity index (χ0n) is 9.57. The van der Waals surface area contributed by atoms with Gasteiger partial charge in [0, 0.05) is 22.0 Å². The SMILES string of the molecule is COc1ccc2c(c1)Sc1ccccc1CN2. The van der Waals surface area contributed by atoms with E-state index in [0.717, 1.165) is 12.3 Å². The number of benzene rings is 2. The molecule has 0 bridgehead atoms. The standard InChI is InChI=1S/C14H13NOS/c1-16-11-6-7-12-14(8-11)17-13-5-3-2-4-10(13)9-15-12/h2-8,15H,9H2,1H3. The topological polar surface area (TPSA) is 21.3 Å². The zero-order valence-corrected chi connectivity index (χ0v) is 10.4. The molecule has 0 fully saturated rings. The van der Waals surface area contributed by atoms with Gasteiger partial charge in [-0.3, -0.25) is 0 Å². The molecular weight excluding hydrogens is 230 g/mol. The van der Waals surface area contributed by atoms with E-state index < -0.39 is 0 Å². The molecule has 17 heavy (non-hydrogen) atoms. The predicted octanol–water partition coefficient (Wildman–Crippen LogP) is 3.77. The summed E-state index contributed by atoms with van der Waals surface area (Å²) in [6.07, 6.45) is 0. The minimum atomic E-state index is 0.877. The van der Waals surface area contributed by atoms with Crippen molar-refractivity contribution in [3.05, 3.63) is 48.0 Å². The summed E-state index contributed by atoms with van der Waals surface area (Å²) >= 11 is 1.79. The van der Waals surface area contributed by atoms with Crippen LogP contribution in [0.1, 0.15) is 5.56 Å². The first-order valence-corrected chi connectivity index (χ1v) is 6.36. The molecule has 1 aliphatic rings. The van der Waals surface area contributed by atoms with Gasteiger partial charge < -0.3 is 10.1 Å². The number of rotatable bonds is 1. The van der Waals surface area contributed by atoms with Gasteiger partial charge in [0.05, 0.1) is 7.11 Å². The van der Waals surface area contributed by atoms with Crippen molar-refractivity contribution < 1.29 is 4.74 Å². The number of fused-ring (bicyclic) bond motifs is 2. The Morgan fingerprint density at radius 3 is 2.88 bits per heavy atom. The summed E-state index contributed by atoms with van der Waals surface area (Å²) < 4.78 is 5.27. The number of hydrogen-bond acceptors (Lipinski definition) is 3. The Kier molecular flexibility index (Phi) is 2.69. The molecule has 3 rings (SSSR count). The molecule has 2 nitrogen and oxygen atoms in total. The van der Waals surface area contributed by atoms with Gasteiger partial charge in [-0.15, -0.1) is 0 Å². The van der Waals surface area contributed by atoms with Crippen molar-refractivity contribution in [1.82, 2.24) is 0 Å². The lowest BCUT2D eigenvalue weighted by Crippen LogP contribution is -1.98. The molecule has 86 valence electrons.